The fourth-order valence-corrected chi connectivity index (χ4v) is 3.17. The van der Waals surface area contributed by atoms with Gasteiger partial charge in [0.05, 0.1) is 17.9 Å². The molecule has 0 aliphatic carbocycles. The van der Waals surface area contributed by atoms with Gasteiger partial charge in [-0.2, -0.15) is 18.3 Å². The molecular formula is C20H16ClF3N4O3. The van der Waals surface area contributed by atoms with E-state index in [1.54, 1.807) is 36.4 Å². The monoisotopic (exact) mass is 452 g/mol. The molecule has 4 rings (SSSR count). The Kier molecular flexibility index (Phi) is 5.64. The van der Waals surface area contributed by atoms with Crippen molar-refractivity contribution < 1.29 is 27.4 Å². The number of carbonyl (C=O) groups excluding carboxylic acids is 1. The van der Waals surface area contributed by atoms with Gasteiger partial charge in [0, 0.05) is 16.8 Å². The molecule has 0 spiro atoms. The maximum Gasteiger partial charge on any atom is 0.435 e. The van der Waals surface area contributed by atoms with Crippen LogP contribution in [-0.2, 0) is 12.7 Å². The minimum Gasteiger partial charge on any atom is -0.486 e. The molecule has 2 N–H and O–H groups in total. The highest BCUT2D eigenvalue weighted by atomic mass is 35.5. The van der Waals surface area contributed by atoms with Gasteiger partial charge in [-0.1, -0.05) is 17.7 Å². The lowest BCUT2D eigenvalue weighted by Gasteiger charge is -2.19. The second-order valence-electron chi connectivity index (χ2n) is 6.58. The topological polar surface area (TPSA) is 77.4 Å². The van der Waals surface area contributed by atoms with Gasteiger partial charge in [-0.05, 0) is 36.4 Å². The largest absolute Gasteiger partial charge is 0.486 e. The second kappa shape index (κ2) is 8.38. The summed E-state index contributed by atoms with van der Waals surface area (Å²) >= 11 is 5.95. The molecule has 31 heavy (non-hydrogen) atoms. The molecule has 0 saturated carbocycles. The fourth-order valence-electron chi connectivity index (χ4n) is 2.98. The zero-order chi connectivity index (χ0) is 22.0. The second-order valence-corrected chi connectivity index (χ2v) is 7.01. The molecule has 0 atom stereocenters. The molecule has 0 bridgehead atoms. The Hall–Kier alpha value is -3.40. The average Bonchev–Trinajstić information content (AvgIpc) is 3.17. The molecule has 7 nitrogen and oxygen atoms in total. The van der Waals surface area contributed by atoms with Crippen molar-refractivity contribution in [1.29, 1.82) is 0 Å². The Balaban J connectivity index is 1.49. The summed E-state index contributed by atoms with van der Waals surface area (Å²) in [6.07, 6.45) is -4.63. The number of carbonyl (C=O) groups is 1. The molecule has 3 aromatic rings. The molecule has 162 valence electrons. The number of urea groups is 1. The lowest BCUT2D eigenvalue weighted by Crippen LogP contribution is -2.29. The van der Waals surface area contributed by atoms with E-state index in [1.165, 1.54) is 6.07 Å². The van der Waals surface area contributed by atoms with Gasteiger partial charge in [-0.25, -0.2) is 9.48 Å². The van der Waals surface area contributed by atoms with E-state index < -0.39 is 17.9 Å². The van der Waals surface area contributed by atoms with Gasteiger partial charge in [0.1, 0.15) is 13.2 Å². The molecule has 0 saturated heterocycles. The van der Waals surface area contributed by atoms with Gasteiger partial charge in [-0.3, -0.25) is 0 Å². The number of nitrogens with one attached hydrogen (secondary N) is 2. The van der Waals surface area contributed by atoms with Crippen molar-refractivity contribution in [3.05, 3.63) is 64.9 Å². The van der Waals surface area contributed by atoms with Gasteiger partial charge >= 0.3 is 12.2 Å². The van der Waals surface area contributed by atoms with Crippen LogP contribution in [0.2, 0.25) is 5.02 Å². The third kappa shape index (κ3) is 4.85. The Labute approximate surface area is 179 Å². The van der Waals surface area contributed by atoms with Crippen molar-refractivity contribution in [1.82, 2.24) is 15.1 Å². The fraction of sp³-hybridized carbons (Fsp3) is 0.200. The minimum absolute atomic E-state index is 0.131. The molecule has 2 heterocycles. The van der Waals surface area contributed by atoms with E-state index in [2.05, 4.69) is 15.7 Å². The van der Waals surface area contributed by atoms with Crippen molar-refractivity contribution in [2.45, 2.75) is 12.7 Å². The molecule has 0 fully saturated rings. The van der Waals surface area contributed by atoms with E-state index in [-0.39, 0.29) is 12.2 Å². The predicted molar refractivity (Wildman–Crippen MR) is 107 cm³/mol. The number of aromatic nitrogens is 2. The van der Waals surface area contributed by atoms with Crippen molar-refractivity contribution in [2.75, 3.05) is 18.5 Å². The van der Waals surface area contributed by atoms with E-state index in [0.29, 0.717) is 41.1 Å². The summed E-state index contributed by atoms with van der Waals surface area (Å²) in [7, 11) is 0. The smallest absolute Gasteiger partial charge is 0.435 e. The molecule has 0 radical (unpaired) electrons. The molecular weight excluding hydrogens is 437 g/mol. The Bertz CT molecular complexity index is 1120. The summed E-state index contributed by atoms with van der Waals surface area (Å²) in [5.41, 5.74) is -0.156. The van der Waals surface area contributed by atoms with E-state index in [0.717, 1.165) is 10.7 Å². The van der Waals surface area contributed by atoms with Crippen LogP contribution < -0.4 is 20.1 Å². The highest BCUT2D eigenvalue weighted by Gasteiger charge is 2.35. The lowest BCUT2D eigenvalue weighted by molar-refractivity contribution is -0.141. The van der Waals surface area contributed by atoms with Gasteiger partial charge in [0.25, 0.3) is 0 Å². The number of hydrogen-bond acceptors (Lipinski definition) is 4. The van der Waals surface area contributed by atoms with Crippen LogP contribution in [0.3, 0.4) is 0 Å². The van der Waals surface area contributed by atoms with Crippen molar-refractivity contribution in [3.8, 4) is 17.2 Å². The third-order valence-electron chi connectivity index (χ3n) is 4.36. The van der Waals surface area contributed by atoms with Gasteiger partial charge < -0.3 is 20.1 Å². The van der Waals surface area contributed by atoms with E-state index in [9.17, 15) is 18.0 Å². The summed E-state index contributed by atoms with van der Waals surface area (Å²) in [6.45, 7) is 0.643. The number of rotatable bonds is 4. The van der Waals surface area contributed by atoms with E-state index in [1.807, 2.05) is 0 Å². The maximum absolute atomic E-state index is 13.2. The van der Waals surface area contributed by atoms with Crippen LogP contribution >= 0.6 is 11.6 Å². The van der Waals surface area contributed by atoms with Gasteiger partial charge in [0.2, 0.25) is 0 Å². The number of halogens is 4. The number of hydrogen-bond donors (Lipinski definition) is 2. The quantitative estimate of drug-likeness (QED) is 0.604. The Morgan fingerprint density at radius 3 is 2.61 bits per heavy atom. The molecule has 0 unspecified atom stereocenters. The Morgan fingerprint density at radius 2 is 1.87 bits per heavy atom. The molecule has 1 aliphatic rings. The number of nitrogens with zero attached hydrogens (tertiary/aromatic N) is 2. The standard InChI is InChI=1S/C20H16ClF3N4O3/c21-12-2-1-3-14(8-12)28-15(10-18(27-28)20(22,23)24)11-25-19(29)26-13-4-5-16-17(9-13)31-7-6-30-16/h1-5,8-10H,6-7,11H2,(H2,25,26,29). The highest BCUT2D eigenvalue weighted by molar-refractivity contribution is 6.30. The third-order valence-corrected chi connectivity index (χ3v) is 4.59. The molecule has 11 heteroatoms. The number of benzene rings is 2. The number of ether oxygens (including phenoxy) is 2. The van der Waals surface area contributed by atoms with Crippen LogP contribution in [0.5, 0.6) is 11.5 Å². The zero-order valence-corrected chi connectivity index (χ0v) is 16.6. The number of anilines is 1. The summed E-state index contributed by atoms with van der Waals surface area (Å²) in [6, 6.07) is 11.4. The number of fused-ring (bicyclic) bond motifs is 1. The summed E-state index contributed by atoms with van der Waals surface area (Å²) < 4.78 is 51.5. The van der Waals surface area contributed by atoms with Crippen LogP contribution in [0.1, 0.15) is 11.4 Å². The number of amides is 2. The first-order chi connectivity index (χ1) is 14.8. The van der Waals surface area contributed by atoms with Crippen molar-refractivity contribution >= 4 is 23.3 Å². The summed E-state index contributed by atoms with van der Waals surface area (Å²) in [5, 5.41) is 9.12. The van der Waals surface area contributed by atoms with Gasteiger partial charge in [-0.15, -0.1) is 0 Å². The molecule has 2 amide bonds. The van der Waals surface area contributed by atoms with E-state index in [4.69, 9.17) is 21.1 Å². The average molecular weight is 453 g/mol. The first-order valence-electron chi connectivity index (χ1n) is 9.16. The lowest BCUT2D eigenvalue weighted by atomic mass is 10.2. The molecule has 1 aliphatic heterocycles. The van der Waals surface area contributed by atoms with Crippen LogP contribution in [0.25, 0.3) is 5.69 Å². The first kappa shape index (κ1) is 20.9. The zero-order valence-electron chi connectivity index (χ0n) is 15.9. The molecule has 1 aromatic heterocycles. The SMILES string of the molecule is O=C(NCc1cc(C(F)(F)F)nn1-c1cccc(Cl)c1)Nc1ccc2c(c1)OCCO2. The first-order valence-corrected chi connectivity index (χ1v) is 9.54. The summed E-state index contributed by atoms with van der Waals surface area (Å²) in [4.78, 5) is 12.3. The number of alkyl halides is 3. The Morgan fingerprint density at radius 1 is 1.10 bits per heavy atom. The van der Waals surface area contributed by atoms with Crippen molar-refractivity contribution in [3.63, 3.8) is 0 Å². The summed E-state index contributed by atoms with van der Waals surface area (Å²) in [5.74, 6) is 1.07. The van der Waals surface area contributed by atoms with Gasteiger partial charge in [0.15, 0.2) is 17.2 Å². The minimum atomic E-state index is -4.63. The van der Waals surface area contributed by atoms with Crippen LogP contribution in [0.15, 0.2) is 48.5 Å². The van der Waals surface area contributed by atoms with Crippen LogP contribution in [-0.4, -0.2) is 29.0 Å². The normalized spacial score (nSPS) is 13.0. The van der Waals surface area contributed by atoms with Crippen LogP contribution in [0, 0.1) is 0 Å². The van der Waals surface area contributed by atoms with Crippen molar-refractivity contribution in [2.24, 2.45) is 0 Å². The highest BCUT2D eigenvalue weighted by Crippen LogP contribution is 2.33. The van der Waals surface area contributed by atoms with E-state index >= 15 is 0 Å². The predicted octanol–water partition coefficient (Wildman–Crippen LogP) is 4.64. The van der Waals surface area contributed by atoms with Crippen LogP contribution in [0.4, 0.5) is 23.7 Å². The maximum atomic E-state index is 13.2. The molecule has 2 aromatic carbocycles.